The van der Waals surface area contributed by atoms with E-state index in [2.05, 4.69) is 127 Å². The fourth-order valence-corrected chi connectivity index (χ4v) is 7.02. The fourth-order valence-electron chi connectivity index (χ4n) is 7.02. The summed E-state index contributed by atoms with van der Waals surface area (Å²) >= 11 is 0. The third-order valence-corrected chi connectivity index (χ3v) is 9.45. The van der Waals surface area contributed by atoms with Gasteiger partial charge in [-0.25, -0.2) is 15.0 Å². The largest absolute Gasteiger partial charge is 0.455 e. The summed E-state index contributed by atoms with van der Waals surface area (Å²) in [6.07, 6.45) is 0. The number of furan rings is 1. The molecule has 10 aromatic rings. The summed E-state index contributed by atoms with van der Waals surface area (Å²) in [6, 6.07) is 57.0. The number of aromatic nitrogens is 3. The van der Waals surface area contributed by atoms with Gasteiger partial charge in [-0.15, -0.1) is 0 Å². The van der Waals surface area contributed by atoms with Crippen molar-refractivity contribution < 1.29 is 4.42 Å². The first kappa shape index (κ1) is 27.5. The topological polar surface area (TPSA) is 51.8 Å². The van der Waals surface area contributed by atoms with Crippen molar-refractivity contribution in [2.24, 2.45) is 0 Å². The Kier molecular flexibility index (Phi) is 6.15. The van der Waals surface area contributed by atoms with Crippen LogP contribution in [0.5, 0.6) is 0 Å². The highest BCUT2D eigenvalue weighted by molar-refractivity contribution is 6.19. The van der Waals surface area contributed by atoms with Gasteiger partial charge in [-0.05, 0) is 74.3 Å². The average molecular weight is 626 g/mol. The lowest BCUT2D eigenvalue weighted by molar-refractivity contribution is 0.670. The lowest BCUT2D eigenvalue weighted by Crippen LogP contribution is -2.00. The zero-order chi connectivity index (χ0) is 32.3. The molecule has 49 heavy (non-hydrogen) atoms. The summed E-state index contributed by atoms with van der Waals surface area (Å²) in [5, 5.41) is 9.14. The van der Waals surface area contributed by atoms with Crippen molar-refractivity contribution in [1.29, 1.82) is 0 Å². The number of rotatable bonds is 4. The van der Waals surface area contributed by atoms with Gasteiger partial charge in [0.2, 0.25) is 0 Å². The van der Waals surface area contributed by atoms with Gasteiger partial charge in [0, 0.05) is 33.0 Å². The van der Waals surface area contributed by atoms with E-state index in [9.17, 15) is 0 Å². The van der Waals surface area contributed by atoms with Gasteiger partial charge in [-0.3, -0.25) is 0 Å². The number of hydrogen-bond donors (Lipinski definition) is 0. The molecular formula is C45H27N3O. The number of nitrogens with zero attached hydrogens (tertiary/aromatic N) is 3. The molecule has 0 saturated heterocycles. The summed E-state index contributed by atoms with van der Waals surface area (Å²) < 4.78 is 6.72. The van der Waals surface area contributed by atoms with Crippen molar-refractivity contribution in [2.45, 2.75) is 0 Å². The highest BCUT2D eigenvalue weighted by Gasteiger charge is 2.19. The summed E-state index contributed by atoms with van der Waals surface area (Å²) in [6.45, 7) is 0. The van der Waals surface area contributed by atoms with Gasteiger partial charge in [0.15, 0.2) is 17.5 Å². The predicted octanol–water partition coefficient (Wildman–Crippen LogP) is 11.9. The van der Waals surface area contributed by atoms with Crippen LogP contribution >= 0.6 is 0 Å². The standard InChI is InChI=1S/C45H27N3O/c1-2-12-30(13-3-1)43-46-44(35-21-19-29-11-5-7-15-32(29)25-35)48-45(47-43)36-22-23-40-38(27-36)39-26-33-16-8-9-17-37(33)41(42(39)49-40)34-20-18-28-10-4-6-14-31(28)24-34/h1-27H. The van der Waals surface area contributed by atoms with Crippen LogP contribution in [0.3, 0.4) is 0 Å². The highest BCUT2D eigenvalue weighted by atomic mass is 16.3. The lowest BCUT2D eigenvalue weighted by atomic mass is 9.93. The SMILES string of the molecule is c1ccc(-c2nc(-c3ccc4ccccc4c3)nc(-c3ccc4oc5c(-c6ccc7ccccc7c6)c6ccccc6cc5c4c3)n2)cc1. The molecule has 2 heterocycles. The van der Waals surface area contributed by atoms with Gasteiger partial charge in [-0.2, -0.15) is 0 Å². The van der Waals surface area contributed by atoms with Crippen molar-refractivity contribution in [3.8, 4) is 45.3 Å². The van der Waals surface area contributed by atoms with Gasteiger partial charge < -0.3 is 4.42 Å². The maximum absolute atomic E-state index is 6.72. The van der Waals surface area contributed by atoms with Gasteiger partial charge in [-0.1, -0.05) is 127 Å². The molecule has 0 N–H and O–H groups in total. The quantitative estimate of drug-likeness (QED) is 0.195. The van der Waals surface area contributed by atoms with E-state index < -0.39 is 0 Å². The molecule has 0 radical (unpaired) electrons. The second-order valence-electron chi connectivity index (χ2n) is 12.5. The van der Waals surface area contributed by atoms with Gasteiger partial charge in [0.05, 0.1) is 0 Å². The number of fused-ring (bicyclic) bond motifs is 6. The Morgan fingerprint density at radius 1 is 0.327 bits per heavy atom. The molecule has 4 heteroatoms. The third kappa shape index (κ3) is 4.65. The molecule has 0 unspecified atom stereocenters. The second kappa shape index (κ2) is 11.0. The summed E-state index contributed by atoms with van der Waals surface area (Å²) in [5.74, 6) is 1.88. The molecule has 0 spiro atoms. The molecule has 10 rings (SSSR count). The van der Waals surface area contributed by atoms with Crippen LogP contribution in [-0.2, 0) is 0 Å². The van der Waals surface area contributed by atoms with Crippen molar-refractivity contribution in [1.82, 2.24) is 15.0 Å². The van der Waals surface area contributed by atoms with Crippen molar-refractivity contribution in [3.63, 3.8) is 0 Å². The Bertz CT molecular complexity index is 2890. The molecule has 4 nitrogen and oxygen atoms in total. The molecule has 0 aliphatic rings. The van der Waals surface area contributed by atoms with E-state index in [-0.39, 0.29) is 0 Å². The molecule has 0 amide bonds. The molecule has 0 fully saturated rings. The fraction of sp³-hybridized carbons (Fsp3) is 0. The van der Waals surface area contributed by atoms with Crippen LogP contribution in [0.1, 0.15) is 0 Å². The molecule has 0 bridgehead atoms. The molecular weight excluding hydrogens is 599 g/mol. The normalized spacial score (nSPS) is 11.7. The van der Waals surface area contributed by atoms with Crippen LogP contribution in [-0.4, -0.2) is 15.0 Å². The van der Waals surface area contributed by atoms with Crippen LogP contribution in [0, 0.1) is 0 Å². The van der Waals surface area contributed by atoms with Crippen LogP contribution in [0.2, 0.25) is 0 Å². The lowest BCUT2D eigenvalue weighted by Gasteiger charge is -2.10. The Hall–Kier alpha value is -6.65. The van der Waals surface area contributed by atoms with E-state index in [0.29, 0.717) is 17.5 Å². The molecule has 8 aromatic carbocycles. The maximum atomic E-state index is 6.72. The number of hydrogen-bond acceptors (Lipinski definition) is 4. The Morgan fingerprint density at radius 2 is 0.857 bits per heavy atom. The minimum absolute atomic E-state index is 0.615. The summed E-state index contributed by atoms with van der Waals surface area (Å²) in [4.78, 5) is 15.1. The maximum Gasteiger partial charge on any atom is 0.164 e. The summed E-state index contributed by atoms with van der Waals surface area (Å²) in [7, 11) is 0. The molecule has 228 valence electrons. The van der Waals surface area contributed by atoms with Crippen molar-refractivity contribution >= 4 is 54.3 Å². The van der Waals surface area contributed by atoms with Gasteiger partial charge in [0.1, 0.15) is 11.2 Å². The first-order valence-corrected chi connectivity index (χ1v) is 16.4. The first-order valence-electron chi connectivity index (χ1n) is 16.4. The zero-order valence-electron chi connectivity index (χ0n) is 26.3. The van der Waals surface area contributed by atoms with E-state index in [1.54, 1.807) is 0 Å². The molecule has 0 atom stereocenters. The summed E-state index contributed by atoms with van der Waals surface area (Å²) in [5.41, 5.74) is 6.71. The highest BCUT2D eigenvalue weighted by Crippen LogP contribution is 2.42. The second-order valence-corrected chi connectivity index (χ2v) is 12.5. The van der Waals surface area contributed by atoms with Crippen LogP contribution in [0.4, 0.5) is 0 Å². The average Bonchev–Trinajstić information content (AvgIpc) is 3.54. The van der Waals surface area contributed by atoms with Crippen molar-refractivity contribution in [2.75, 3.05) is 0 Å². The molecule has 0 saturated carbocycles. The van der Waals surface area contributed by atoms with E-state index in [1.807, 2.05) is 36.4 Å². The first-order chi connectivity index (χ1) is 24.2. The minimum atomic E-state index is 0.615. The van der Waals surface area contributed by atoms with Gasteiger partial charge >= 0.3 is 0 Å². The van der Waals surface area contributed by atoms with Crippen molar-refractivity contribution in [3.05, 3.63) is 164 Å². The number of benzene rings is 8. The Morgan fingerprint density at radius 3 is 1.57 bits per heavy atom. The van der Waals surface area contributed by atoms with Gasteiger partial charge in [0.25, 0.3) is 0 Å². The molecule has 2 aromatic heterocycles. The van der Waals surface area contributed by atoms with E-state index in [1.165, 1.54) is 16.2 Å². The third-order valence-electron chi connectivity index (χ3n) is 9.45. The Balaban J connectivity index is 1.19. The monoisotopic (exact) mass is 625 g/mol. The molecule has 0 aliphatic heterocycles. The predicted molar refractivity (Wildman–Crippen MR) is 201 cm³/mol. The van der Waals surface area contributed by atoms with E-state index in [4.69, 9.17) is 19.4 Å². The zero-order valence-corrected chi connectivity index (χ0v) is 26.3. The van der Waals surface area contributed by atoms with E-state index >= 15 is 0 Å². The molecule has 0 aliphatic carbocycles. The smallest absolute Gasteiger partial charge is 0.164 e. The van der Waals surface area contributed by atoms with Crippen LogP contribution in [0.25, 0.3) is 99.5 Å². The van der Waals surface area contributed by atoms with Crippen LogP contribution in [0.15, 0.2) is 168 Å². The Labute approximate surface area is 282 Å². The van der Waals surface area contributed by atoms with E-state index in [0.717, 1.165) is 65.9 Å². The minimum Gasteiger partial charge on any atom is -0.455 e. The van der Waals surface area contributed by atoms with Crippen LogP contribution < -0.4 is 0 Å².